The molecule has 4 rings (SSSR count). The van der Waals surface area contributed by atoms with E-state index in [2.05, 4.69) is 15.5 Å². The first kappa shape index (κ1) is 9.16. The van der Waals surface area contributed by atoms with Crippen molar-refractivity contribution >= 4 is 0 Å². The maximum Gasteiger partial charge on any atom is 0.224 e. The first-order chi connectivity index (χ1) is 7.88. The second-order valence-corrected chi connectivity index (χ2v) is 5.60. The Morgan fingerprint density at radius 2 is 2.19 bits per heavy atom. The molecule has 2 atom stereocenters. The fraction of sp³-hybridized carbons (Fsp3) is 0.833. The van der Waals surface area contributed by atoms with Crippen molar-refractivity contribution in [2.24, 2.45) is 5.92 Å². The molecule has 2 aliphatic carbocycles. The van der Waals surface area contributed by atoms with Gasteiger partial charge in [-0.1, -0.05) is 6.42 Å². The minimum absolute atomic E-state index is 0.181. The fourth-order valence-electron chi connectivity index (χ4n) is 3.43. The highest BCUT2D eigenvalue weighted by atomic mass is 16.4. The number of nitrogens with one attached hydrogen (secondary N) is 1. The van der Waals surface area contributed by atoms with Crippen molar-refractivity contribution in [2.45, 2.75) is 43.4 Å². The summed E-state index contributed by atoms with van der Waals surface area (Å²) in [4.78, 5) is 0. The summed E-state index contributed by atoms with van der Waals surface area (Å²) in [6.07, 6.45) is 6.31. The predicted octanol–water partition coefficient (Wildman–Crippen LogP) is 1.59. The highest BCUT2D eigenvalue weighted by molar-refractivity contribution is 5.17. The van der Waals surface area contributed by atoms with E-state index in [1.165, 1.54) is 32.1 Å². The normalized spacial score (nSPS) is 37.9. The molecule has 3 aliphatic rings. The Bertz CT molecular complexity index is 400. The van der Waals surface area contributed by atoms with E-state index < -0.39 is 0 Å². The number of nitrogens with zero attached hydrogens (tertiary/aromatic N) is 2. The van der Waals surface area contributed by atoms with Gasteiger partial charge in [0.15, 0.2) is 0 Å². The molecule has 0 bridgehead atoms. The fourth-order valence-corrected chi connectivity index (χ4v) is 3.43. The van der Waals surface area contributed by atoms with Crippen molar-refractivity contribution in [2.75, 3.05) is 13.1 Å². The van der Waals surface area contributed by atoms with Crippen molar-refractivity contribution < 1.29 is 4.42 Å². The van der Waals surface area contributed by atoms with E-state index in [0.717, 1.165) is 30.8 Å². The quantitative estimate of drug-likeness (QED) is 0.820. The van der Waals surface area contributed by atoms with Crippen molar-refractivity contribution in [1.29, 1.82) is 0 Å². The summed E-state index contributed by atoms with van der Waals surface area (Å²) >= 11 is 0. The molecule has 16 heavy (non-hydrogen) atoms. The van der Waals surface area contributed by atoms with Crippen LogP contribution in [-0.4, -0.2) is 23.3 Å². The lowest BCUT2D eigenvalue weighted by Gasteiger charge is -2.23. The third kappa shape index (κ3) is 1.14. The molecule has 2 saturated carbocycles. The summed E-state index contributed by atoms with van der Waals surface area (Å²) in [5.41, 5.74) is 0.181. The average Bonchev–Trinajstić information content (AvgIpc) is 2.76. The molecule has 1 aromatic heterocycles. The summed E-state index contributed by atoms with van der Waals surface area (Å²) in [6, 6.07) is 0. The van der Waals surface area contributed by atoms with E-state index in [0.29, 0.717) is 5.92 Å². The lowest BCUT2D eigenvalue weighted by Crippen LogP contribution is -2.31. The minimum Gasteiger partial charge on any atom is -0.424 e. The van der Waals surface area contributed by atoms with Gasteiger partial charge in [-0.15, -0.1) is 10.2 Å². The molecule has 2 unspecified atom stereocenters. The summed E-state index contributed by atoms with van der Waals surface area (Å²) in [6.45, 7) is 2.16. The van der Waals surface area contributed by atoms with Gasteiger partial charge in [-0.25, -0.2) is 0 Å². The monoisotopic (exact) mass is 219 g/mol. The van der Waals surface area contributed by atoms with Gasteiger partial charge in [0.05, 0.1) is 5.41 Å². The average molecular weight is 219 g/mol. The van der Waals surface area contributed by atoms with Crippen molar-refractivity contribution in [1.82, 2.24) is 15.5 Å². The molecule has 0 radical (unpaired) electrons. The Labute approximate surface area is 94.8 Å². The van der Waals surface area contributed by atoms with Crippen LogP contribution in [0, 0.1) is 5.92 Å². The van der Waals surface area contributed by atoms with E-state index in [4.69, 9.17) is 4.42 Å². The molecular weight excluding hydrogens is 202 g/mol. The van der Waals surface area contributed by atoms with Gasteiger partial charge in [0.25, 0.3) is 0 Å². The predicted molar refractivity (Wildman–Crippen MR) is 58.2 cm³/mol. The Balaban J connectivity index is 1.71. The molecular formula is C12H17N3O. The van der Waals surface area contributed by atoms with Crippen LogP contribution < -0.4 is 5.32 Å². The van der Waals surface area contributed by atoms with Crippen molar-refractivity contribution in [3.05, 3.63) is 11.8 Å². The Kier molecular flexibility index (Phi) is 1.76. The van der Waals surface area contributed by atoms with E-state index in [-0.39, 0.29) is 5.41 Å². The minimum atomic E-state index is 0.181. The van der Waals surface area contributed by atoms with Crippen LogP contribution in [0.4, 0.5) is 0 Å². The second kappa shape index (κ2) is 3.06. The van der Waals surface area contributed by atoms with Gasteiger partial charge in [0, 0.05) is 12.5 Å². The van der Waals surface area contributed by atoms with Crippen LogP contribution in [0.2, 0.25) is 0 Å². The molecule has 1 aromatic rings. The Hall–Kier alpha value is -0.900. The molecule has 0 spiro atoms. The number of rotatable bonds is 2. The molecule has 1 aliphatic heterocycles. The largest absolute Gasteiger partial charge is 0.424 e. The summed E-state index contributed by atoms with van der Waals surface area (Å²) in [5, 5.41) is 12.1. The molecule has 3 fully saturated rings. The zero-order valence-corrected chi connectivity index (χ0v) is 9.41. The lowest BCUT2D eigenvalue weighted by molar-refractivity contribution is 0.295. The van der Waals surface area contributed by atoms with Crippen molar-refractivity contribution in [3.8, 4) is 0 Å². The Morgan fingerprint density at radius 1 is 1.25 bits per heavy atom. The van der Waals surface area contributed by atoms with E-state index >= 15 is 0 Å². The highest BCUT2D eigenvalue weighted by Gasteiger charge is 2.51. The van der Waals surface area contributed by atoms with Crippen LogP contribution in [-0.2, 0) is 5.41 Å². The number of hydrogen-bond acceptors (Lipinski definition) is 4. The van der Waals surface area contributed by atoms with Gasteiger partial charge in [-0.05, 0) is 38.1 Å². The van der Waals surface area contributed by atoms with Crippen LogP contribution >= 0.6 is 0 Å². The number of hydrogen-bond donors (Lipinski definition) is 1. The molecule has 0 amide bonds. The van der Waals surface area contributed by atoms with Gasteiger partial charge < -0.3 is 9.73 Å². The maximum absolute atomic E-state index is 5.93. The zero-order chi connectivity index (χ0) is 10.6. The van der Waals surface area contributed by atoms with E-state index in [1.54, 1.807) is 0 Å². The van der Waals surface area contributed by atoms with Crippen LogP contribution in [0.1, 0.15) is 49.8 Å². The summed E-state index contributed by atoms with van der Waals surface area (Å²) in [5.74, 6) is 3.11. The molecule has 2 heterocycles. The van der Waals surface area contributed by atoms with Crippen LogP contribution in [0.25, 0.3) is 0 Å². The first-order valence-corrected chi connectivity index (χ1v) is 6.43. The van der Waals surface area contributed by atoms with Gasteiger partial charge in [-0.2, -0.15) is 0 Å². The van der Waals surface area contributed by atoms with Crippen molar-refractivity contribution in [3.63, 3.8) is 0 Å². The molecule has 1 N–H and O–H groups in total. The molecule has 4 nitrogen and oxygen atoms in total. The second-order valence-electron chi connectivity index (χ2n) is 5.60. The third-order valence-electron chi connectivity index (χ3n) is 4.58. The lowest BCUT2D eigenvalue weighted by atomic mass is 9.81. The van der Waals surface area contributed by atoms with Gasteiger partial charge in [0.1, 0.15) is 0 Å². The van der Waals surface area contributed by atoms with E-state index in [9.17, 15) is 0 Å². The highest BCUT2D eigenvalue weighted by Crippen LogP contribution is 2.48. The van der Waals surface area contributed by atoms with Gasteiger partial charge in [-0.3, -0.25) is 0 Å². The van der Waals surface area contributed by atoms with Crippen LogP contribution in [0.15, 0.2) is 4.42 Å². The van der Waals surface area contributed by atoms with Crippen LogP contribution in [0.5, 0.6) is 0 Å². The topological polar surface area (TPSA) is 51.0 Å². The zero-order valence-electron chi connectivity index (χ0n) is 9.41. The molecule has 1 saturated heterocycles. The van der Waals surface area contributed by atoms with Gasteiger partial charge >= 0.3 is 0 Å². The first-order valence-electron chi connectivity index (χ1n) is 6.43. The maximum atomic E-state index is 5.93. The summed E-state index contributed by atoms with van der Waals surface area (Å²) < 4.78 is 5.93. The third-order valence-corrected chi connectivity index (χ3v) is 4.58. The standard InChI is InChI=1S/C12H17N3O/c1-2-9-6-13-7-12(9,5-1)11-15-14-10(16-11)8-3-4-8/h8-9,13H,1-7H2. The Morgan fingerprint density at radius 3 is 3.06 bits per heavy atom. The summed E-state index contributed by atoms with van der Waals surface area (Å²) in [7, 11) is 0. The molecule has 0 aromatic carbocycles. The number of fused-ring (bicyclic) bond motifs is 1. The smallest absolute Gasteiger partial charge is 0.224 e. The van der Waals surface area contributed by atoms with Gasteiger partial charge in [0.2, 0.25) is 11.8 Å². The molecule has 86 valence electrons. The number of aromatic nitrogens is 2. The van der Waals surface area contributed by atoms with Crippen LogP contribution in [0.3, 0.4) is 0 Å². The molecule has 4 heteroatoms. The van der Waals surface area contributed by atoms with E-state index in [1.807, 2.05) is 0 Å². The SMILES string of the molecule is C1CC2CNCC2(c2nnc(C3CC3)o2)C1.